The molecule has 0 aliphatic heterocycles. The number of carboxylic acid groups (broad SMARTS) is 1. The SMILES string of the molecule is Cc1cccc(/C(=C/CSc2ccc(OCC(=O)O)c(C)c2)c2cccc(C(F)(F)F)c2)c1. The third-order valence-electron chi connectivity index (χ3n) is 4.86. The molecule has 3 nitrogen and oxygen atoms in total. The second-order valence-electron chi connectivity index (χ2n) is 7.49. The van der Waals surface area contributed by atoms with Crippen LogP contribution in [0.3, 0.4) is 0 Å². The first-order valence-electron chi connectivity index (χ1n) is 10.2. The molecular formula is C26H23F3O3S. The zero-order valence-corrected chi connectivity index (χ0v) is 19.0. The molecule has 7 heteroatoms. The molecule has 0 fully saturated rings. The third kappa shape index (κ3) is 6.89. The van der Waals surface area contributed by atoms with Gasteiger partial charge in [0.15, 0.2) is 6.61 Å². The van der Waals surface area contributed by atoms with Crippen molar-refractivity contribution < 1.29 is 27.8 Å². The molecular weight excluding hydrogens is 449 g/mol. The monoisotopic (exact) mass is 472 g/mol. The quantitative estimate of drug-likeness (QED) is 0.358. The first-order chi connectivity index (χ1) is 15.6. The summed E-state index contributed by atoms with van der Waals surface area (Å²) < 4.78 is 45.1. The minimum Gasteiger partial charge on any atom is -0.482 e. The molecule has 3 aromatic rings. The molecule has 3 aromatic carbocycles. The lowest BCUT2D eigenvalue weighted by Crippen LogP contribution is -2.09. The molecule has 0 unspecified atom stereocenters. The average molecular weight is 473 g/mol. The van der Waals surface area contributed by atoms with Crippen LogP contribution in [0.5, 0.6) is 5.75 Å². The van der Waals surface area contributed by atoms with Crippen LogP contribution in [0.4, 0.5) is 13.2 Å². The predicted molar refractivity (Wildman–Crippen MR) is 125 cm³/mol. The number of halogens is 3. The van der Waals surface area contributed by atoms with E-state index < -0.39 is 24.3 Å². The molecule has 0 saturated carbocycles. The Balaban J connectivity index is 1.86. The highest BCUT2D eigenvalue weighted by Gasteiger charge is 2.30. The number of aryl methyl sites for hydroxylation is 2. The lowest BCUT2D eigenvalue weighted by Gasteiger charge is -2.13. The van der Waals surface area contributed by atoms with Gasteiger partial charge in [0.05, 0.1) is 5.56 Å². The smallest absolute Gasteiger partial charge is 0.416 e. The van der Waals surface area contributed by atoms with Crippen molar-refractivity contribution in [2.75, 3.05) is 12.4 Å². The molecule has 1 N–H and O–H groups in total. The van der Waals surface area contributed by atoms with Crippen LogP contribution in [0.2, 0.25) is 0 Å². The molecule has 172 valence electrons. The number of carboxylic acids is 1. The van der Waals surface area contributed by atoms with Gasteiger partial charge in [-0.1, -0.05) is 48.0 Å². The van der Waals surface area contributed by atoms with E-state index in [-0.39, 0.29) is 0 Å². The van der Waals surface area contributed by atoms with Gasteiger partial charge in [-0.15, -0.1) is 11.8 Å². The van der Waals surface area contributed by atoms with Crippen molar-refractivity contribution in [2.24, 2.45) is 0 Å². The van der Waals surface area contributed by atoms with E-state index >= 15 is 0 Å². The van der Waals surface area contributed by atoms with Gasteiger partial charge in [-0.25, -0.2) is 4.79 Å². The van der Waals surface area contributed by atoms with Crippen LogP contribution in [0.1, 0.15) is 27.8 Å². The van der Waals surface area contributed by atoms with Gasteiger partial charge in [0, 0.05) is 10.6 Å². The number of thioether (sulfide) groups is 1. The fourth-order valence-corrected chi connectivity index (χ4v) is 4.18. The van der Waals surface area contributed by atoms with Crippen LogP contribution >= 0.6 is 11.8 Å². The maximum absolute atomic E-state index is 13.3. The van der Waals surface area contributed by atoms with Crippen LogP contribution in [-0.2, 0) is 11.0 Å². The third-order valence-corrected chi connectivity index (χ3v) is 5.79. The number of aliphatic carboxylic acids is 1. The number of hydrogen-bond acceptors (Lipinski definition) is 3. The summed E-state index contributed by atoms with van der Waals surface area (Å²) in [6, 6.07) is 18.5. The zero-order valence-electron chi connectivity index (χ0n) is 18.1. The fraction of sp³-hybridized carbons (Fsp3) is 0.192. The van der Waals surface area contributed by atoms with E-state index in [2.05, 4.69) is 0 Å². The highest BCUT2D eigenvalue weighted by Crippen LogP contribution is 2.33. The molecule has 0 atom stereocenters. The van der Waals surface area contributed by atoms with Crippen molar-refractivity contribution >= 4 is 23.3 Å². The van der Waals surface area contributed by atoms with Crippen molar-refractivity contribution in [3.63, 3.8) is 0 Å². The fourth-order valence-electron chi connectivity index (χ4n) is 3.31. The highest BCUT2D eigenvalue weighted by atomic mass is 32.2. The number of alkyl halides is 3. The minimum atomic E-state index is -4.41. The maximum Gasteiger partial charge on any atom is 0.416 e. The Morgan fingerprint density at radius 1 is 1.00 bits per heavy atom. The van der Waals surface area contributed by atoms with E-state index in [0.717, 1.165) is 33.2 Å². The Kier molecular flexibility index (Phi) is 7.87. The molecule has 0 radical (unpaired) electrons. The van der Waals surface area contributed by atoms with Crippen LogP contribution in [0.25, 0.3) is 5.57 Å². The molecule has 0 heterocycles. The van der Waals surface area contributed by atoms with Gasteiger partial charge in [-0.2, -0.15) is 13.2 Å². The summed E-state index contributed by atoms with van der Waals surface area (Å²) in [6.07, 6.45) is -2.48. The first-order valence-corrected chi connectivity index (χ1v) is 11.1. The van der Waals surface area contributed by atoms with Gasteiger partial charge >= 0.3 is 12.1 Å². The number of carbonyl (C=O) groups is 1. The molecule has 0 saturated heterocycles. The topological polar surface area (TPSA) is 46.5 Å². The summed E-state index contributed by atoms with van der Waals surface area (Å²) in [7, 11) is 0. The van der Waals surface area contributed by atoms with Crippen LogP contribution in [-0.4, -0.2) is 23.4 Å². The Morgan fingerprint density at radius 3 is 2.33 bits per heavy atom. The molecule has 0 aromatic heterocycles. The van der Waals surface area contributed by atoms with Gasteiger partial charge in [0.2, 0.25) is 0 Å². The molecule has 0 aliphatic rings. The number of hydrogen-bond donors (Lipinski definition) is 1. The van der Waals surface area contributed by atoms with Gasteiger partial charge < -0.3 is 9.84 Å². The maximum atomic E-state index is 13.3. The molecule has 0 aliphatic carbocycles. The van der Waals surface area contributed by atoms with E-state index in [1.165, 1.54) is 23.9 Å². The van der Waals surface area contributed by atoms with Gasteiger partial charge in [-0.3, -0.25) is 0 Å². The summed E-state index contributed by atoms with van der Waals surface area (Å²) in [5, 5.41) is 8.76. The van der Waals surface area contributed by atoms with Crippen molar-refractivity contribution in [2.45, 2.75) is 24.9 Å². The van der Waals surface area contributed by atoms with Crippen molar-refractivity contribution in [3.05, 3.63) is 101 Å². The summed E-state index contributed by atoms with van der Waals surface area (Å²) in [4.78, 5) is 11.6. The Morgan fingerprint density at radius 2 is 1.70 bits per heavy atom. The number of rotatable bonds is 8. The summed E-state index contributed by atoms with van der Waals surface area (Å²) in [6.45, 7) is 3.36. The van der Waals surface area contributed by atoms with Gasteiger partial charge in [0.1, 0.15) is 5.75 Å². The molecule has 0 amide bonds. The first kappa shape index (κ1) is 24.5. The number of ether oxygens (including phenoxy) is 1. The van der Waals surface area contributed by atoms with Gasteiger partial charge in [0.25, 0.3) is 0 Å². The van der Waals surface area contributed by atoms with E-state index in [0.29, 0.717) is 17.1 Å². The van der Waals surface area contributed by atoms with Crippen molar-refractivity contribution in [3.8, 4) is 5.75 Å². The predicted octanol–water partition coefficient (Wildman–Crippen LogP) is 7.01. The highest BCUT2D eigenvalue weighted by molar-refractivity contribution is 7.99. The molecule has 33 heavy (non-hydrogen) atoms. The molecule has 0 spiro atoms. The van der Waals surface area contributed by atoms with E-state index in [1.807, 2.05) is 56.3 Å². The zero-order chi connectivity index (χ0) is 24.0. The van der Waals surface area contributed by atoms with Crippen molar-refractivity contribution in [1.82, 2.24) is 0 Å². The Labute approximate surface area is 194 Å². The average Bonchev–Trinajstić information content (AvgIpc) is 2.75. The summed E-state index contributed by atoms with van der Waals surface area (Å²) in [5.74, 6) is -0.00755. The molecule has 3 rings (SSSR count). The van der Waals surface area contributed by atoms with Gasteiger partial charge in [-0.05, 0) is 66.4 Å². The van der Waals surface area contributed by atoms with E-state index in [4.69, 9.17) is 9.84 Å². The van der Waals surface area contributed by atoms with Crippen LogP contribution in [0, 0.1) is 13.8 Å². The summed E-state index contributed by atoms with van der Waals surface area (Å²) >= 11 is 1.53. The molecule has 0 bridgehead atoms. The second-order valence-corrected chi connectivity index (χ2v) is 8.58. The standard InChI is InChI=1S/C26H23F3O3S/c1-17-5-3-6-19(13-17)23(20-7-4-8-21(15-20)26(27,28)29)11-12-33-22-9-10-24(18(2)14-22)32-16-25(30)31/h3-11,13-15H,12,16H2,1-2H3,(H,30,31)/b23-11-. The van der Waals surface area contributed by atoms with E-state index in [1.54, 1.807) is 12.1 Å². The number of benzene rings is 3. The lowest BCUT2D eigenvalue weighted by atomic mass is 9.95. The minimum absolute atomic E-state index is 0.410. The Hall–Kier alpha value is -3.19. The normalized spacial score (nSPS) is 12.0. The van der Waals surface area contributed by atoms with Crippen LogP contribution < -0.4 is 4.74 Å². The summed E-state index contributed by atoms with van der Waals surface area (Å²) in [5.41, 5.74) is 3.23. The Bertz CT molecular complexity index is 1170. The van der Waals surface area contributed by atoms with E-state index in [9.17, 15) is 18.0 Å². The lowest BCUT2D eigenvalue weighted by molar-refractivity contribution is -0.139. The second kappa shape index (κ2) is 10.6. The van der Waals surface area contributed by atoms with Crippen molar-refractivity contribution in [1.29, 1.82) is 0 Å². The van der Waals surface area contributed by atoms with Crippen LogP contribution in [0.15, 0.2) is 77.7 Å². The largest absolute Gasteiger partial charge is 0.482 e.